The Morgan fingerprint density at radius 3 is 2.73 bits per heavy atom. The highest BCUT2D eigenvalue weighted by Crippen LogP contribution is 2.25. The van der Waals surface area contributed by atoms with Gasteiger partial charge in [0.2, 0.25) is 0 Å². The van der Waals surface area contributed by atoms with E-state index >= 15 is 0 Å². The molecule has 1 N–H and O–H groups in total. The molecule has 0 spiro atoms. The Bertz CT molecular complexity index is 1050. The summed E-state index contributed by atoms with van der Waals surface area (Å²) in [6, 6.07) is 11.2. The molecule has 2 heterocycles. The molecule has 3 aromatic rings. The molecule has 1 unspecified atom stereocenters. The molecule has 30 heavy (non-hydrogen) atoms. The minimum absolute atomic E-state index is 0.154. The lowest BCUT2D eigenvalue weighted by Crippen LogP contribution is -2.42. The minimum atomic E-state index is -0.417. The van der Waals surface area contributed by atoms with Gasteiger partial charge in [0.25, 0.3) is 11.8 Å². The summed E-state index contributed by atoms with van der Waals surface area (Å²) in [4.78, 5) is 30.9. The van der Waals surface area contributed by atoms with Gasteiger partial charge >= 0.3 is 0 Å². The Kier molecular flexibility index (Phi) is 5.58. The summed E-state index contributed by atoms with van der Waals surface area (Å²) < 4.78 is 23.8. The van der Waals surface area contributed by atoms with Crippen LogP contribution in [0.4, 0.5) is 10.1 Å². The van der Waals surface area contributed by atoms with Gasteiger partial charge in [-0.2, -0.15) is 0 Å². The fourth-order valence-corrected chi connectivity index (χ4v) is 3.30. The van der Waals surface area contributed by atoms with E-state index in [0.717, 1.165) is 11.1 Å². The first kappa shape index (κ1) is 19.8. The highest BCUT2D eigenvalue weighted by molar-refractivity contribution is 6.04. The van der Waals surface area contributed by atoms with E-state index in [0.29, 0.717) is 30.9 Å². The summed E-state index contributed by atoms with van der Waals surface area (Å²) in [7, 11) is 0. The van der Waals surface area contributed by atoms with Gasteiger partial charge in [-0.15, -0.1) is 0 Å². The van der Waals surface area contributed by atoms with E-state index in [2.05, 4.69) is 10.3 Å². The van der Waals surface area contributed by atoms with Crippen molar-refractivity contribution < 1.29 is 23.1 Å². The van der Waals surface area contributed by atoms with Crippen molar-refractivity contribution in [3.63, 3.8) is 0 Å². The zero-order valence-corrected chi connectivity index (χ0v) is 16.3. The molecular weight excluding hydrogens is 389 g/mol. The van der Waals surface area contributed by atoms with Crippen molar-refractivity contribution in [3.8, 4) is 0 Å². The van der Waals surface area contributed by atoms with Gasteiger partial charge in [-0.3, -0.25) is 9.59 Å². The zero-order valence-electron chi connectivity index (χ0n) is 16.3. The third-order valence-corrected chi connectivity index (χ3v) is 4.99. The third-order valence-electron chi connectivity index (χ3n) is 4.99. The summed E-state index contributed by atoms with van der Waals surface area (Å²) in [5, 5.41) is 2.76. The number of oxazole rings is 1. The van der Waals surface area contributed by atoms with Gasteiger partial charge in [-0.25, -0.2) is 9.37 Å². The molecule has 0 saturated carbocycles. The maximum absolute atomic E-state index is 13.2. The van der Waals surface area contributed by atoms with Crippen LogP contribution in [0.5, 0.6) is 0 Å². The number of hydrogen-bond donors (Lipinski definition) is 1. The SMILES string of the molecule is Cc1ccc(C(=O)N2CCOC(c3ccc(F)cc3)C2)cc1NC(=O)c1cocn1. The quantitative estimate of drug-likeness (QED) is 0.712. The summed E-state index contributed by atoms with van der Waals surface area (Å²) in [5.41, 5.74) is 2.77. The van der Waals surface area contributed by atoms with E-state index in [-0.39, 0.29) is 23.5 Å². The van der Waals surface area contributed by atoms with Crippen molar-refractivity contribution in [2.24, 2.45) is 0 Å². The van der Waals surface area contributed by atoms with Crippen LogP contribution < -0.4 is 5.32 Å². The van der Waals surface area contributed by atoms with Gasteiger partial charge in [0.1, 0.15) is 18.2 Å². The molecule has 4 rings (SSSR count). The molecule has 8 heteroatoms. The number of benzene rings is 2. The number of amides is 2. The fourth-order valence-electron chi connectivity index (χ4n) is 3.30. The number of nitrogens with one attached hydrogen (secondary N) is 1. The molecule has 1 aliphatic heterocycles. The van der Waals surface area contributed by atoms with Crippen LogP contribution in [0.2, 0.25) is 0 Å². The molecule has 1 aromatic heterocycles. The molecule has 0 radical (unpaired) electrons. The molecule has 1 atom stereocenters. The van der Waals surface area contributed by atoms with Crippen molar-refractivity contribution in [2.45, 2.75) is 13.0 Å². The summed E-state index contributed by atoms with van der Waals surface area (Å²) >= 11 is 0. The van der Waals surface area contributed by atoms with Crippen LogP contribution in [-0.2, 0) is 4.74 Å². The molecule has 0 aliphatic carbocycles. The van der Waals surface area contributed by atoms with Crippen LogP contribution in [0.15, 0.2) is 59.5 Å². The zero-order chi connectivity index (χ0) is 21.1. The average Bonchev–Trinajstić information content (AvgIpc) is 3.30. The molecule has 154 valence electrons. The number of halogens is 1. The Morgan fingerprint density at radius 1 is 1.20 bits per heavy atom. The highest BCUT2D eigenvalue weighted by atomic mass is 19.1. The van der Waals surface area contributed by atoms with E-state index in [4.69, 9.17) is 9.15 Å². The van der Waals surface area contributed by atoms with E-state index in [9.17, 15) is 14.0 Å². The predicted molar refractivity (Wildman–Crippen MR) is 107 cm³/mol. The van der Waals surface area contributed by atoms with E-state index in [1.807, 2.05) is 6.92 Å². The summed E-state index contributed by atoms with van der Waals surface area (Å²) in [6.07, 6.45) is 2.11. The lowest BCUT2D eigenvalue weighted by molar-refractivity contribution is -0.0228. The number of anilines is 1. The minimum Gasteiger partial charge on any atom is -0.451 e. The maximum Gasteiger partial charge on any atom is 0.277 e. The van der Waals surface area contributed by atoms with Crippen LogP contribution in [-0.4, -0.2) is 41.4 Å². The van der Waals surface area contributed by atoms with Crippen LogP contribution in [0.25, 0.3) is 0 Å². The molecule has 0 bridgehead atoms. The second kappa shape index (κ2) is 8.46. The van der Waals surface area contributed by atoms with E-state index in [1.165, 1.54) is 24.8 Å². The van der Waals surface area contributed by atoms with Gasteiger partial charge in [-0.1, -0.05) is 18.2 Å². The summed E-state index contributed by atoms with van der Waals surface area (Å²) in [5.74, 6) is -0.899. The molecule has 2 amide bonds. The van der Waals surface area contributed by atoms with Crippen molar-refractivity contribution >= 4 is 17.5 Å². The first-order valence-corrected chi connectivity index (χ1v) is 9.48. The third kappa shape index (κ3) is 4.23. The van der Waals surface area contributed by atoms with E-state index < -0.39 is 5.91 Å². The normalized spacial score (nSPS) is 16.3. The standard InChI is InChI=1S/C22H20FN3O4/c1-14-2-3-16(10-18(14)25-21(27)19-12-29-13-24-19)22(28)26-8-9-30-20(11-26)15-4-6-17(23)7-5-15/h2-7,10,12-13,20H,8-9,11H2,1H3,(H,25,27). The number of carbonyl (C=O) groups excluding carboxylic acids is 2. The number of aromatic nitrogens is 1. The van der Waals surface area contributed by atoms with Gasteiger partial charge in [0.05, 0.1) is 13.2 Å². The predicted octanol–water partition coefficient (Wildman–Crippen LogP) is 3.59. The van der Waals surface area contributed by atoms with E-state index in [1.54, 1.807) is 35.2 Å². The molecule has 1 fully saturated rings. The number of rotatable bonds is 4. The van der Waals surface area contributed by atoms with Crippen LogP contribution in [0, 0.1) is 12.7 Å². The molecular formula is C22H20FN3O4. The lowest BCUT2D eigenvalue weighted by atomic mass is 10.1. The van der Waals surface area contributed by atoms with Crippen molar-refractivity contribution in [2.75, 3.05) is 25.0 Å². The molecule has 1 saturated heterocycles. The summed E-state index contributed by atoms with van der Waals surface area (Å²) in [6.45, 7) is 3.03. The van der Waals surface area contributed by atoms with Crippen molar-refractivity contribution in [1.82, 2.24) is 9.88 Å². The number of nitrogens with zero attached hydrogens (tertiary/aromatic N) is 2. The Morgan fingerprint density at radius 2 is 2.00 bits per heavy atom. The fraction of sp³-hybridized carbons (Fsp3) is 0.227. The Hall–Kier alpha value is -3.52. The number of aryl methyl sites for hydroxylation is 1. The monoisotopic (exact) mass is 409 g/mol. The smallest absolute Gasteiger partial charge is 0.277 e. The first-order chi connectivity index (χ1) is 14.5. The average molecular weight is 409 g/mol. The Balaban J connectivity index is 1.50. The van der Waals surface area contributed by atoms with Crippen molar-refractivity contribution in [3.05, 3.63) is 83.3 Å². The van der Waals surface area contributed by atoms with Gasteiger partial charge in [0.15, 0.2) is 12.1 Å². The van der Waals surface area contributed by atoms with Crippen LogP contribution in [0.1, 0.15) is 38.1 Å². The molecule has 2 aromatic carbocycles. The number of hydrogen-bond acceptors (Lipinski definition) is 5. The molecule has 7 nitrogen and oxygen atoms in total. The second-order valence-electron chi connectivity index (χ2n) is 7.02. The number of morpholine rings is 1. The second-order valence-corrected chi connectivity index (χ2v) is 7.02. The highest BCUT2D eigenvalue weighted by Gasteiger charge is 2.26. The molecule has 1 aliphatic rings. The lowest BCUT2D eigenvalue weighted by Gasteiger charge is -2.33. The van der Waals surface area contributed by atoms with Crippen LogP contribution in [0.3, 0.4) is 0 Å². The number of ether oxygens (including phenoxy) is 1. The first-order valence-electron chi connectivity index (χ1n) is 9.48. The topological polar surface area (TPSA) is 84.7 Å². The van der Waals surface area contributed by atoms with Crippen molar-refractivity contribution in [1.29, 1.82) is 0 Å². The van der Waals surface area contributed by atoms with Gasteiger partial charge in [-0.05, 0) is 42.3 Å². The van der Waals surface area contributed by atoms with Gasteiger partial charge in [0, 0.05) is 17.8 Å². The largest absolute Gasteiger partial charge is 0.451 e. The maximum atomic E-state index is 13.2. The van der Waals surface area contributed by atoms with Gasteiger partial charge < -0.3 is 19.4 Å². The Labute approximate surface area is 172 Å². The number of carbonyl (C=O) groups is 2. The van der Waals surface area contributed by atoms with Crippen LogP contribution >= 0.6 is 0 Å².